The number of nitrogens with two attached hydrogens (primary N) is 1. The summed E-state index contributed by atoms with van der Waals surface area (Å²) in [5.74, 6) is 0.770. The van der Waals surface area contributed by atoms with Crippen LogP contribution in [0.2, 0.25) is 0 Å². The summed E-state index contributed by atoms with van der Waals surface area (Å²) in [7, 11) is 0. The summed E-state index contributed by atoms with van der Waals surface area (Å²) in [5, 5.41) is 0. The van der Waals surface area contributed by atoms with E-state index in [9.17, 15) is 0 Å². The van der Waals surface area contributed by atoms with E-state index in [2.05, 4.69) is 6.92 Å². The van der Waals surface area contributed by atoms with Gasteiger partial charge in [-0.15, -0.1) is 0 Å². The van der Waals surface area contributed by atoms with Crippen LogP contribution in [-0.4, -0.2) is 19.3 Å². The van der Waals surface area contributed by atoms with Gasteiger partial charge in [0.15, 0.2) is 0 Å². The van der Waals surface area contributed by atoms with E-state index in [-0.39, 0.29) is 0 Å². The Labute approximate surface area is 55.4 Å². The first-order chi connectivity index (χ1) is 4.22. The predicted octanol–water partition coefficient (Wildman–Crippen LogP) is 0.370. The van der Waals surface area contributed by atoms with Crippen LogP contribution >= 0.6 is 0 Å². The molecule has 0 unspecified atom stereocenters. The van der Waals surface area contributed by atoms with Gasteiger partial charge in [0, 0.05) is 11.5 Å². The van der Waals surface area contributed by atoms with Crippen LogP contribution < -0.4 is 5.73 Å². The van der Waals surface area contributed by atoms with Gasteiger partial charge < -0.3 is 10.5 Å². The van der Waals surface area contributed by atoms with E-state index in [4.69, 9.17) is 10.5 Å². The standard InChI is InChI=1S/C7H13NO/c1-7(3-9-4-7)5-2-6(5)8/h5-6H,2-4,8H2,1H3/t5-,6-/m1/s1. The highest BCUT2D eigenvalue weighted by Crippen LogP contribution is 2.48. The maximum absolute atomic E-state index is 5.71. The average molecular weight is 127 g/mol. The van der Waals surface area contributed by atoms with Crippen LogP contribution in [0.15, 0.2) is 0 Å². The summed E-state index contributed by atoms with van der Waals surface area (Å²) >= 11 is 0. The first-order valence-corrected chi connectivity index (χ1v) is 3.56. The minimum atomic E-state index is 0.458. The molecule has 1 saturated carbocycles. The normalized spacial score (nSPS) is 46.0. The van der Waals surface area contributed by atoms with E-state index in [0.29, 0.717) is 11.5 Å². The molecule has 2 aliphatic rings. The monoisotopic (exact) mass is 127 g/mol. The molecule has 0 bridgehead atoms. The van der Waals surface area contributed by atoms with E-state index in [0.717, 1.165) is 19.1 Å². The molecule has 1 saturated heterocycles. The number of ether oxygens (including phenoxy) is 1. The summed E-state index contributed by atoms with van der Waals surface area (Å²) in [5.41, 5.74) is 6.16. The third-order valence-electron chi connectivity index (χ3n) is 2.60. The number of hydrogen-bond donors (Lipinski definition) is 1. The largest absolute Gasteiger partial charge is 0.380 e. The highest BCUT2D eigenvalue weighted by Gasteiger charge is 2.52. The van der Waals surface area contributed by atoms with Gasteiger partial charge in [0.25, 0.3) is 0 Å². The van der Waals surface area contributed by atoms with Crippen LogP contribution in [0.5, 0.6) is 0 Å². The molecule has 2 heteroatoms. The molecule has 2 rings (SSSR count). The fourth-order valence-electron chi connectivity index (χ4n) is 1.65. The van der Waals surface area contributed by atoms with Gasteiger partial charge in [0.1, 0.15) is 0 Å². The Morgan fingerprint density at radius 2 is 2.11 bits per heavy atom. The third-order valence-corrected chi connectivity index (χ3v) is 2.60. The second-order valence-corrected chi connectivity index (χ2v) is 3.65. The smallest absolute Gasteiger partial charge is 0.0545 e. The summed E-state index contributed by atoms with van der Waals surface area (Å²) in [6.45, 7) is 4.14. The topological polar surface area (TPSA) is 35.2 Å². The van der Waals surface area contributed by atoms with Crippen molar-refractivity contribution in [1.82, 2.24) is 0 Å². The first-order valence-electron chi connectivity index (χ1n) is 3.56. The fourth-order valence-corrected chi connectivity index (χ4v) is 1.65. The Balaban J connectivity index is 1.97. The summed E-state index contributed by atoms with van der Waals surface area (Å²) in [6.07, 6.45) is 1.22. The molecule has 0 radical (unpaired) electrons. The van der Waals surface area contributed by atoms with Crippen molar-refractivity contribution in [1.29, 1.82) is 0 Å². The molecule has 0 aromatic carbocycles. The molecule has 1 aliphatic heterocycles. The fraction of sp³-hybridized carbons (Fsp3) is 1.00. The zero-order chi connectivity index (χ0) is 6.48. The second kappa shape index (κ2) is 1.50. The first kappa shape index (κ1) is 5.69. The van der Waals surface area contributed by atoms with Gasteiger partial charge in [-0.25, -0.2) is 0 Å². The van der Waals surface area contributed by atoms with Gasteiger partial charge in [-0.2, -0.15) is 0 Å². The van der Waals surface area contributed by atoms with Crippen molar-refractivity contribution < 1.29 is 4.74 Å². The van der Waals surface area contributed by atoms with Crippen LogP contribution in [0.4, 0.5) is 0 Å². The van der Waals surface area contributed by atoms with E-state index in [1.54, 1.807) is 0 Å². The molecule has 2 nitrogen and oxygen atoms in total. The van der Waals surface area contributed by atoms with Crippen molar-refractivity contribution in [3.8, 4) is 0 Å². The predicted molar refractivity (Wildman–Crippen MR) is 35.0 cm³/mol. The SMILES string of the molecule is CC1([C@@H]2C[C@H]2N)COC1. The average Bonchev–Trinajstić information content (AvgIpc) is 2.40. The molecule has 2 fully saturated rings. The number of hydrogen-bond acceptors (Lipinski definition) is 2. The lowest BCUT2D eigenvalue weighted by molar-refractivity contribution is -0.115. The zero-order valence-electron chi connectivity index (χ0n) is 5.76. The molecular formula is C7H13NO. The molecule has 0 spiro atoms. The van der Waals surface area contributed by atoms with Gasteiger partial charge in [0.05, 0.1) is 13.2 Å². The van der Waals surface area contributed by atoms with Crippen molar-refractivity contribution in [2.24, 2.45) is 17.1 Å². The maximum atomic E-state index is 5.71. The molecule has 1 aliphatic carbocycles. The van der Waals surface area contributed by atoms with Gasteiger partial charge in [-0.1, -0.05) is 6.92 Å². The molecule has 9 heavy (non-hydrogen) atoms. The van der Waals surface area contributed by atoms with Crippen LogP contribution in [0.3, 0.4) is 0 Å². The molecule has 2 N–H and O–H groups in total. The van der Waals surface area contributed by atoms with Crippen LogP contribution in [0.25, 0.3) is 0 Å². The molecular weight excluding hydrogens is 114 g/mol. The molecule has 1 heterocycles. The summed E-state index contributed by atoms with van der Waals surface area (Å²) in [4.78, 5) is 0. The molecule has 0 amide bonds. The van der Waals surface area contributed by atoms with Gasteiger partial charge >= 0.3 is 0 Å². The number of rotatable bonds is 1. The van der Waals surface area contributed by atoms with E-state index in [1.165, 1.54) is 6.42 Å². The minimum absolute atomic E-state index is 0.458. The third kappa shape index (κ3) is 0.700. The van der Waals surface area contributed by atoms with Gasteiger partial charge in [-0.05, 0) is 12.3 Å². The molecule has 2 atom stereocenters. The Kier molecular flexibility index (Phi) is 0.945. The molecule has 52 valence electrons. The van der Waals surface area contributed by atoms with Crippen LogP contribution in [0.1, 0.15) is 13.3 Å². The quantitative estimate of drug-likeness (QED) is 0.552. The summed E-state index contributed by atoms with van der Waals surface area (Å²) in [6, 6.07) is 0.485. The Bertz CT molecular complexity index is 131. The highest BCUT2D eigenvalue weighted by molar-refractivity contribution is 5.03. The van der Waals surface area contributed by atoms with Gasteiger partial charge in [-0.3, -0.25) is 0 Å². The van der Waals surface area contributed by atoms with E-state index < -0.39 is 0 Å². The lowest BCUT2D eigenvalue weighted by Gasteiger charge is -2.38. The van der Waals surface area contributed by atoms with Crippen molar-refractivity contribution in [2.45, 2.75) is 19.4 Å². The highest BCUT2D eigenvalue weighted by atomic mass is 16.5. The van der Waals surface area contributed by atoms with E-state index in [1.807, 2.05) is 0 Å². The molecule has 0 aromatic heterocycles. The van der Waals surface area contributed by atoms with Crippen molar-refractivity contribution in [2.75, 3.05) is 13.2 Å². The second-order valence-electron chi connectivity index (χ2n) is 3.65. The maximum Gasteiger partial charge on any atom is 0.0545 e. The van der Waals surface area contributed by atoms with Crippen molar-refractivity contribution >= 4 is 0 Å². The minimum Gasteiger partial charge on any atom is -0.380 e. The van der Waals surface area contributed by atoms with Gasteiger partial charge in [0.2, 0.25) is 0 Å². The Hall–Kier alpha value is -0.0800. The lowest BCUT2D eigenvalue weighted by atomic mass is 9.83. The molecule has 0 aromatic rings. The summed E-state index contributed by atoms with van der Waals surface area (Å²) < 4.78 is 5.13. The Morgan fingerprint density at radius 1 is 1.56 bits per heavy atom. The van der Waals surface area contributed by atoms with Crippen LogP contribution in [-0.2, 0) is 4.74 Å². The van der Waals surface area contributed by atoms with E-state index >= 15 is 0 Å². The zero-order valence-corrected chi connectivity index (χ0v) is 5.76. The Morgan fingerprint density at radius 3 is 2.22 bits per heavy atom. The lowest BCUT2D eigenvalue weighted by Crippen LogP contribution is -2.43. The van der Waals surface area contributed by atoms with Crippen LogP contribution in [0, 0.1) is 11.3 Å². The van der Waals surface area contributed by atoms with Crippen molar-refractivity contribution in [3.63, 3.8) is 0 Å². The van der Waals surface area contributed by atoms with Crippen molar-refractivity contribution in [3.05, 3.63) is 0 Å².